The van der Waals surface area contributed by atoms with Gasteiger partial charge in [0, 0.05) is 29.6 Å². The molecule has 0 radical (unpaired) electrons. The summed E-state index contributed by atoms with van der Waals surface area (Å²) in [5.41, 5.74) is 8.83. The summed E-state index contributed by atoms with van der Waals surface area (Å²) in [5, 5.41) is 10.6. The van der Waals surface area contributed by atoms with E-state index in [4.69, 9.17) is 10.5 Å². The van der Waals surface area contributed by atoms with Crippen LogP contribution in [0.15, 0.2) is 54.6 Å². The van der Waals surface area contributed by atoms with E-state index in [0.717, 1.165) is 28.8 Å². The quantitative estimate of drug-likeness (QED) is 0.654. The predicted octanol–water partition coefficient (Wildman–Crippen LogP) is 2.46. The summed E-state index contributed by atoms with van der Waals surface area (Å²) in [6.45, 7) is 0.400. The largest absolute Gasteiger partial charge is 0.490 e. The lowest BCUT2D eigenvalue weighted by atomic mass is 10.1. The number of hydrogen-bond acceptors (Lipinski definition) is 3. The van der Waals surface area contributed by atoms with Crippen molar-refractivity contribution in [1.29, 1.82) is 0 Å². The Morgan fingerprint density at radius 3 is 2.68 bits per heavy atom. The lowest BCUT2D eigenvalue weighted by molar-refractivity contribution is 0.115. The second kappa shape index (κ2) is 6.64. The highest BCUT2D eigenvalue weighted by molar-refractivity contribution is 5.86. The molecular weight excluding hydrogens is 276 g/mol. The summed E-state index contributed by atoms with van der Waals surface area (Å²) >= 11 is 0. The average Bonchev–Trinajstić information content (AvgIpc) is 2.96. The minimum absolute atomic E-state index is 0.197. The topological polar surface area (TPSA) is 71.3 Å². The van der Waals surface area contributed by atoms with E-state index in [1.165, 1.54) is 5.56 Å². The zero-order chi connectivity index (χ0) is 15.4. The molecule has 3 aromatic rings. The van der Waals surface area contributed by atoms with E-state index in [-0.39, 0.29) is 13.2 Å². The molecule has 0 aliphatic rings. The minimum atomic E-state index is -0.641. The predicted molar refractivity (Wildman–Crippen MR) is 88.1 cm³/mol. The van der Waals surface area contributed by atoms with Gasteiger partial charge in [-0.25, -0.2) is 0 Å². The normalized spacial score (nSPS) is 12.5. The van der Waals surface area contributed by atoms with Crippen LogP contribution in [-0.2, 0) is 6.42 Å². The van der Waals surface area contributed by atoms with E-state index >= 15 is 0 Å². The molecule has 0 saturated carbocycles. The standard InChI is InChI=1S/C18H20N2O2/c19-11-15(21)12-22-18-8-4-7-17-16(18)10-14(20-17)9-13-5-2-1-3-6-13/h1-8,10,15,20-21H,9,11-12,19H2. The lowest BCUT2D eigenvalue weighted by Crippen LogP contribution is -2.26. The Morgan fingerprint density at radius 1 is 1.09 bits per heavy atom. The van der Waals surface area contributed by atoms with Gasteiger partial charge in [0.05, 0.1) is 0 Å². The van der Waals surface area contributed by atoms with Gasteiger partial charge in [-0.1, -0.05) is 36.4 Å². The van der Waals surface area contributed by atoms with Crippen molar-refractivity contribution in [1.82, 2.24) is 4.98 Å². The highest BCUT2D eigenvalue weighted by Gasteiger charge is 2.09. The third kappa shape index (κ3) is 3.30. The summed E-state index contributed by atoms with van der Waals surface area (Å²) in [4.78, 5) is 3.42. The third-order valence-electron chi connectivity index (χ3n) is 3.62. The van der Waals surface area contributed by atoms with Gasteiger partial charge in [0.1, 0.15) is 18.5 Å². The molecule has 0 amide bonds. The monoisotopic (exact) mass is 296 g/mol. The van der Waals surface area contributed by atoms with Gasteiger partial charge in [-0.2, -0.15) is 0 Å². The van der Waals surface area contributed by atoms with Gasteiger partial charge in [-0.15, -0.1) is 0 Å². The van der Waals surface area contributed by atoms with E-state index in [2.05, 4.69) is 23.2 Å². The summed E-state index contributed by atoms with van der Waals surface area (Å²) in [7, 11) is 0. The number of nitrogens with one attached hydrogen (secondary N) is 1. The number of benzene rings is 2. The van der Waals surface area contributed by atoms with Crippen molar-refractivity contribution in [2.24, 2.45) is 5.73 Å². The molecule has 1 heterocycles. The molecular formula is C18H20N2O2. The number of hydrogen-bond donors (Lipinski definition) is 3. The van der Waals surface area contributed by atoms with E-state index in [1.807, 2.05) is 36.4 Å². The fourth-order valence-corrected chi connectivity index (χ4v) is 2.48. The molecule has 4 nitrogen and oxygen atoms in total. The molecule has 3 rings (SSSR count). The van der Waals surface area contributed by atoms with E-state index in [0.29, 0.717) is 0 Å². The second-order valence-corrected chi connectivity index (χ2v) is 5.37. The molecule has 4 heteroatoms. The molecule has 4 N–H and O–H groups in total. The molecule has 114 valence electrons. The molecule has 0 spiro atoms. The van der Waals surface area contributed by atoms with Crippen LogP contribution >= 0.6 is 0 Å². The Balaban J connectivity index is 1.83. The van der Waals surface area contributed by atoms with Gasteiger partial charge in [0.2, 0.25) is 0 Å². The first-order valence-electron chi connectivity index (χ1n) is 7.41. The maximum absolute atomic E-state index is 9.53. The molecule has 0 saturated heterocycles. The van der Waals surface area contributed by atoms with Crippen LogP contribution in [0, 0.1) is 0 Å². The number of fused-ring (bicyclic) bond motifs is 1. The van der Waals surface area contributed by atoms with Crippen LogP contribution in [0.3, 0.4) is 0 Å². The number of ether oxygens (including phenoxy) is 1. The van der Waals surface area contributed by atoms with Crippen molar-refractivity contribution in [3.8, 4) is 5.75 Å². The maximum Gasteiger partial charge on any atom is 0.128 e. The second-order valence-electron chi connectivity index (χ2n) is 5.37. The van der Waals surface area contributed by atoms with Crippen molar-refractivity contribution >= 4 is 10.9 Å². The van der Waals surface area contributed by atoms with Crippen molar-refractivity contribution < 1.29 is 9.84 Å². The number of aliphatic hydroxyl groups is 1. The Labute approximate surface area is 129 Å². The van der Waals surface area contributed by atoms with Crippen LogP contribution < -0.4 is 10.5 Å². The fraction of sp³-hybridized carbons (Fsp3) is 0.222. The number of aliphatic hydroxyl groups excluding tert-OH is 1. The van der Waals surface area contributed by atoms with Crippen LogP contribution in [0.2, 0.25) is 0 Å². The summed E-state index contributed by atoms with van der Waals surface area (Å²) < 4.78 is 5.69. The van der Waals surface area contributed by atoms with Gasteiger partial charge in [0.25, 0.3) is 0 Å². The van der Waals surface area contributed by atoms with Gasteiger partial charge < -0.3 is 20.6 Å². The Morgan fingerprint density at radius 2 is 1.91 bits per heavy atom. The first-order valence-corrected chi connectivity index (χ1v) is 7.41. The first-order chi connectivity index (χ1) is 10.8. The fourth-order valence-electron chi connectivity index (χ4n) is 2.48. The highest BCUT2D eigenvalue weighted by atomic mass is 16.5. The van der Waals surface area contributed by atoms with Gasteiger partial charge in [-0.05, 0) is 23.8 Å². The average molecular weight is 296 g/mol. The molecule has 1 unspecified atom stereocenters. The van der Waals surface area contributed by atoms with Crippen molar-refractivity contribution in [2.75, 3.05) is 13.2 Å². The first kappa shape index (κ1) is 14.6. The van der Waals surface area contributed by atoms with Gasteiger partial charge in [-0.3, -0.25) is 0 Å². The number of H-pyrrole nitrogens is 1. The minimum Gasteiger partial charge on any atom is -0.490 e. The molecule has 1 aromatic heterocycles. The smallest absolute Gasteiger partial charge is 0.128 e. The van der Waals surface area contributed by atoms with Gasteiger partial charge in [0.15, 0.2) is 0 Å². The van der Waals surface area contributed by atoms with Crippen molar-refractivity contribution in [3.05, 3.63) is 65.9 Å². The van der Waals surface area contributed by atoms with Crippen molar-refractivity contribution in [3.63, 3.8) is 0 Å². The molecule has 2 aromatic carbocycles. The summed E-state index contributed by atoms with van der Waals surface area (Å²) in [6.07, 6.45) is 0.207. The Hall–Kier alpha value is -2.30. The van der Waals surface area contributed by atoms with E-state index < -0.39 is 6.10 Å². The number of rotatable bonds is 6. The van der Waals surface area contributed by atoms with E-state index in [1.54, 1.807) is 0 Å². The lowest BCUT2D eigenvalue weighted by Gasteiger charge is -2.10. The molecule has 1 atom stereocenters. The molecule has 0 aliphatic heterocycles. The molecule has 0 bridgehead atoms. The summed E-state index contributed by atoms with van der Waals surface area (Å²) in [5.74, 6) is 0.764. The van der Waals surface area contributed by atoms with Crippen LogP contribution in [0.5, 0.6) is 5.75 Å². The highest BCUT2D eigenvalue weighted by Crippen LogP contribution is 2.27. The van der Waals surface area contributed by atoms with Crippen molar-refractivity contribution in [2.45, 2.75) is 12.5 Å². The summed E-state index contributed by atoms with van der Waals surface area (Å²) in [6, 6.07) is 18.3. The zero-order valence-corrected chi connectivity index (χ0v) is 12.3. The third-order valence-corrected chi connectivity index (χ3v) is 3.62. The zero-order valence-electron chi connectivity index (χ0n) is 12.3. The SMILES string of the molecule is NCC(O)COc1cccc2[nH]c(Cc3ccccc3)cc12. The maximum atomic E-state index is 9.53. The molecule has 22 heavy (non-hydrogen) atoms. The Bertz CT molecular complexity index is 737. The van der Waals surface area contributed by atoms with E-state index in [9.17, 15) is 5.11 Å². The Kier molecular flexibility index (Phi) is 4.42. The van der Waals surface area contributed by atoms with Crippen LogP contribution in [0.25, 0.3) is 10.9 Å². The van der Waals surface area contributed by atoms with Gasteiger partial charge >= 0.3 is 0 Å². The number of aromatic nitrogens is 1. The number of aromatic amines is 1. The number of nitrogens with two attached hydrogens (primary N) is 1. The van der Waals surface area contributed by atoms with Crippen LogP contribution in [0.4, 0.5) is 0 Å². The van der Waals surface area contributed by atoms with Crippen LogP contribution in [0.1, 0.15) is 11.3 Å². The van der Waals surface area contributed by atoms with Crippen LogP contribution in [-0.4, -0.2) is 29.3 Å². The molecule has 0 aliphatic carbocycles. The molecule has 0 fully saturated rings.